The molecule has 0 bridgehead atoms. The maximum Gasteiger partial charge on any atom is 0.306 e. The Labute approximate surface area is 147 Å². The Morgan fingerprint density at radius 1 is 1.40 bits per heavy atom. The number of hydrogen-bond acceptors (Lipinski definition) is 4. The zero-order valence-electron chi connectivity index (χ0n) is 13.4. The molecule has 0 spiro atoms. The standard InChI is InChI=1S/C16H16ClFN4O3/c1-8-14(15(23)19-10-3-2-9(6-10)16(24)25)20-21-22(8)11-4-5-13(18)12(17)7-11/h4-5,7,9-10H,2-3,6H2,1H3,(H,19,23)(H,24,25)/t9-,10+/m1/s1. The lowest BCUT2D eigenvalue weighted by atomic mass is 10.1. The summed E-state index contributed by atoms with van der Waals surface area (Å²) in [6.45, 7) is 1.67. The molecular weight excluding hydrogens is 351 g/mol. The van der Waals surface area contributed by atoms with E-state index in [2.05, 4.69) is 15.6 Å². The Morgan fingerprint density at radius 2 is 2.16 bits per heavy atom. The molecule has 1 saturated carbocycles. The molecule has 25 heavy (non-hydrogen) atoms. The number of carboxylic acids is 1. The van der Waals surface area contributed by atoms with Gasteiger partial charge in [-0.2, -0.15) is 0 Å². The number of benzene rings is 1. The van der Waals surface area contributed by atoms with Crippen LogP contribution >= 0.6 is 11.6 Å². The summed E-state index contributed by atoms with van der Waals surface area (Å²) >= 11 is 5.77. The van der Waals surface area contributed by atoms with E-state index in [9.17, 15) is 14.0 Å². The molecule has 1 aliphatic carbocycles. The number of carboxylic acid groups (broad SMARTS) is 1. The molecule has 1 fully saturated rings. The van der Waals surface area contributed by atoms with Gasteiger partial charge in [0.25, 0.3) is 5.91 Å². The van der Waals surface area contributed by atoms with Crippen molar-refractivity contribution in [2.24, 2.45) is 5.92 Å². The first-order valence-electron chi connectivity index (χ1n) is 7.78. The van der Waals surface area contributed by atoms with Gasteiger partial charge in [0.15, 0.2) is 5.69 Å². The van der Waals surface area contributed by atoms with E-state index in [0.717, 1.165) is 0 Å². The number of aliphatic carboxylic acids is 1. The second-order valence-electron chi connectivity index (χ2n) is 6.05. The average Bonchev–Trinajstić information content (AvgIpc) is 3.17. The van der Waals surface area contributed by atoms with Crippen LogP contribution in [0.15, 0.2) is 18.2 Å². The summed E-state index contributed by atoms with van der Waals surface area (Å²) < 4.78 is 14.7. The first kappa shape index (κ1) is 17.3. The Bertz CT molecular complexity index is 839. The fourth-order valence-electron chi connectivity index (χ4n) is 2.99. The summed E-state index contributed by atoms with van der Waals surface area (Å²) in [5.74, 6) is -2.22. The number of aromatic nitrogens is 3. The molecule has 0 radical (unpaired) electrons. The quantitative estimate of drug-likeness (QED) is 0.865. The zero-order valence-corrected chi connectivity index (χ0v) is 14.1. The predicted molar refractivity (Wildman–Crippen MR) is 87.3 cm³/mol. The summed E-state index contributed by atoms with van der Waals surface area (Å²) in [7, 11) is 0. The first-order valence-corrected chi connectivity index (χ1v) is 8.16. The van der Waals surface area contributed by atoms with Gasteiger partial charge >= 0.3 is 5.97 Å². The topological polar surface area (TPSA) is 97.1 Å². The van der Waals surface area contributed by atoms with E-state index in [1.807, 2.05) is 0 Å². The van der Waals surface area contributed by atoms with E-state index >= 15 is 0 Å². The highest BCUT2D eigenvalue weighted by Gasteiger charge is 2.31. The molecule has 0 aliphatic heterocycles. The lowest BCUT2D eigenvalue weighted by molar-refractivity contribution is -0.141. The van der Waals surface area contributed by atoms with Crippen molar-refractivity contribution < 1.29 is 19.1 Å². The fraction of sp³-hybridized carbons (Fsp3) is 0.375. The van der Waals surface area contributed by atoms with Crippen LogP contribution in [0, 0.1) is 18.7 Å². The number of carbonyl (C=O) groups is 2. The maximum absolute atomic E-state index is 13.3. The maximum atomic E-state index is 13.3. The third-order valence-electron chi connectivity index (χ3n) is 4.37. The molecule has 0 saturated heterocycles. The summed E-state index contributed by atoms with van der Waals surface area (Å²) in [5, 5.41) is 19.6. The first-order chi connectivity index (χ1) is 11.9. The van der Waals surface area contributed by atoms with E-state index in [-0.39, 0.29) is 16.8 Å². The van der Waals surface area contributed by atoms with Crippen molar-refractivity contribution in [1.29, 1.82) is 0 Å². The molecular formula is C16H16ClFN4O3. The Balaban J connectivity index is 1.75. The van der Waals surface area contributed by atoms with Crippen LogP contribution in [-0.4, -0.2) is 38.0 Å². The highest BCUT2D eigenvalue weighted by molar-refractivity contribution is 6.30. The minimum absolute atomic E-state index is 0.0518. The molecule has 3 rings (SSSR count). The molecule has 132 valence electrons. The van der Waals surface area contributed by atoms with E-state index < -0.39 is 23.6 Å². The van der Waals surface area contributed by atoms with Crippen LogP contribution in [0.2, 0.25) is 5.02 Å². The molecule has 9 heteroatoms. The van der Waals surface area contributed by atoms with E-state index in [0.29, 0.717) is 30.6 Å². The normalized spacial score (nSPS) is 19.8. The van der Waals surface area contributed by atoms with Gasteiger partial charge in [0.05, 0.1) is 22.3 Å². The number of nitrogens with zero attached hydrogens (tertiary/aromatic N) is 3. The molecule has 2 N–H and O–H groups in total. The molecule has 0 unspecified atom stereocenters. The van der Waals surface area contributed by atoms with Crippen molar-refractivity contribution in [3.8, 4) is 5.69 Å². The SMILES string of the molecule is Cc1c(C(=O)N[C@H]2CC[C@@H](C(=O)O)C2)nnn1-c1ccc(F)c(Cl)c1. The van der Waals surface area contributed by atoms with Crippen molar-refractivity contribution in [3.63, 3.8) is 0 Å². The van der Waals surface area contributed by atoms with E-state index in [1.165, 1.54) is 22.9 Å². The van der Waals surface area contributed by atoms with Crippen LogP contribution < -0.4 is 5.32 Å². The van der Waals surface area contributed by atoms with Crippen molar-refractivity contribution in [1.82, 2.24) is 20.3 Å². The smallest absolute Gasteiger partial charge is 0.306 e. The van der Waals surface area contributed by atoms with Gasteiger partial charge in [-0.15, -0.1) is 5.10 Å². The molecule has 2 aromatic rings. The van der Waals surface area contributed by atoms with Gasteiger partial charge in [0.2, 0.25) is 0 Å². The molecule has 1 aliphatic rings. The van der Waals surface area contributed by atoms with Crippen LogP contribution in [-0.2, 0) is 4.79 Å². The number of amides is 1. The van der Waals surface area contributed by atoms with Gasteiger partial charge in [-0.3, -0.25) is 9.59 Å². The van der Waals surface area contributed by atoms with Crippen molar-refractivity contribution in [2.75, 3.05) is 0 Å². The Morgan fingerprint density at radius 3 is 2.80 bits per heavy atom. The summed E-state index contributed by atoms with van der Waals surface area (Å²) in [5.41, 5.74) is 1.11. The minimum Gasteiger partial charge on any atom is -0.481 e. The van der Waals surface area contributed by atoms with Crippen LogP contribution in [0.3, 0.4) is 0 Å². The molecule has 1 heterocycles. The highest BCUT2D eigenvalue weighted by atomic mass is 35.5. The molecule has 1 aromatic heterocycles. The van der Waals surface area contributed by atoms with Gasteiger partial charge in [-0.05, 0) is 44.4 Å². The fourth-order valence-corrected chi connectivity index (χ4v) is 3.17. The van der Waals surface area contributed by atoms with Crippen LogP contribution in [0.25, 0.3) is 5.69 Å². The largest absolute Gasteiger partial charge is 0.481 e. The van der Waals surface area contributed by atoms with Crippen molar-refractivity contribution in [2.45, 2.75) is 32.2 Å². The molecule has 1 aromatic carbocycles. The van der Waals surface area contributed by atoms with Crippen molar-refractivity contribution >= 4 is 23.5 Å². The summed E-state index contributed by atoms with van der Waals surface area (Å²) in [6, 6.07) is 3.90. The third-order valence-corrected chi connectivity index (χ3v) is 4.66. The second-order valence-corrected chi connectivity index (χ2v) is 6.46. The molecule has 2 atom stereocenters. The summed E-state index contributed by atoms with van der Waals surface area (Å²) in [4.78, 5) is 23.4. The number of carbonyl (C=O) groups excluding carboxylic acids is 1. The molecule has 7 nitrogen and oxygen atoms in total. The lowest BCUT2D eigenvalue weighted by Gasteiger charge is -2.11. The number of halogens is 2. The van der Waals surface area contributed by atoms with Gasteiger partial charge in [-0.25, -0.2) is 9.07 Å². The van der Waals surface area contributed by atoms with Crippen LogP contribution in [0.1, 0.15) is 35.4 Å². The number of hydrogen-bond donors (Lipinski definition) is 2. The Kier molecular flexibility index (Phi) is 4.71. The van der Waals surface area contributed by atoms with Crippen LogP contribution in [0.4, 0.5) is 4.39 Å². The average molecular weight is 367 g/mol. The third kappa shape index (κ3) is 3.48. The predicted octanol–water partition coefficient (Wildman–Crippen LogP) is 2.35. The van der Waals surface area contributed by atoms with E-state index in [1.54, 1.807) is 6.92 Å². The number of rotatable bonds is 4. The van der Waals surface area contributed by atoms with Gasteiger partial charge in [0.1, 0.15) is 5.82 Å². The minimum atomic E-state index is -0.841. The molecule has 1 amide bonds. The second kappa shape index (κ2) is 6.79. The zero-order chi connectivity index (χ0) is 18.1. The van der Waals surface area contributed by atoms with E-state index in [4.69, 9.17) is 16.7 Å². The Hall–Kier alpha value is -2.48. The lowest BCUT2D eigenvalue weighted by Crippen LogP contribution is -2.34. The summed E-state index contributed by atoms with van der Waals surface area (Å²) in [6.07, 6.45) is 1.56. The van der Waals surface area contributed by atoms with Crippen LogP contribution in [0.5, 0.6) is 0 Å². The van der Waals surface area contributed by atoms with Gasteiger partial charge < -0.3 is 10.4 Å². The van der Waals surface area contributed by atoms with Crippen molar-refractivity contribution in [3.05, 3.63) is 40.4 Å². The van der Waals surface area contributed by atoms with Gasteiger partial charge in [-0.1, -0.05) is 16.8 Å². The monoisotopic (exact) mass is 366 g/mol. The number of nitrogens with one attached hydrogen (secondary N) is 1. The van der Waals surface area contributed by atoms with Gasteiger partial charge in [0, 0.05) is 6.04 Å². The highest BCUT2D eigenvalue weighted by Crippen LogP contribution is 2.26.